The number of thiazole rings is 2. The van der Waals surface area contributed by atoms with Gasteiger partial charge in [-0.1, -0.05) is 70.1 Å². The van der Waals surface area contributed by atoms with Gasteiger partial charge in [-0.15, -0.1) is 0 Å². The zero-order valence-electron chi connectivity index (χ0n) is 44.4. The minimum absolute atomic E-state index is 0.0274. The van der Waals surface area contributed by atoms with Gasteiger partial charge in [0.15, 0.2) is 21.8 Å². The molecule has 2 aliphatic heterocycles. The number of carbonyl (C=O) groups excluding carboxylic acids is 2. The van der Waals surface area contributed by atoms with Crippen LogP contribution in [-0.4, -0.2) is 176 Å². The van der Waals surface area contributed by atoms with E-state index >= 15 is 0 Å². The van der Waals surface area contributed by atoms with E-state index in [1.54, 1.807) is 18.5 Å². The summed E-state index contributed by atoms with van der Waals surface area (Å²) in [5.74, 6) is 4.19. The van der Waals surface area contributed by atoms with Gasteiger partial charge in [-0.2, -0.15) is 0 Å². The molecule has 2 saturated heterocycles. The highest BCUT2D eigenvalue weighted by atomic mass is 35.5. The fourth-order valence-electron chi connectivity index (χ4n) is 8.83. The van der Waals surface area contributed by atoms with Crippen LogP contribution >= 0.6 is 45.9 Å². The Kier molecular flexibility index (Phi) is 21.8. The van der Waals surface area contributed by atoms with Gasteiger partial charge in [0, 0.05) is 93.9 Å². The number of rotatable bonds is 29. The maximum Gasteiger partial charge on any atom is 0.188 e. The summed E-state index contributed by atoms with van der Waals surface area (Å²) < 4.78 is 29.1. The van der Waals surface area contributed by atoms with Crippen molar-refractivity contribution in [2.75, 3.05) is 139 Å². The molecule has 4 aromatic heterocycles. The Labute approximate surface area is 468 Å². The van der Waals surface area contributed by atoms with E-state index < -0.39 is 0 Å². The average molecular weight is 1130 g/mol. The molecule has 6 aromatic rings. The van der Waals surface area contributed by atoms with E-state index in [0.29, 0.717) is 113 Å². The average Bonchev–Trinajstić information content (AvgIpc) is 4.10. The fourth-order valence-corrected chi connectivity index (χ4v) is 10.9. The lowest BCUT2D eigenvalue weighted by molar-refractivity contribution is -0.0724. The molecule has 8 rings (SSSR count). The summed E-state index contributed by atoms with van der Waals surface area (Å²) in [6, 6.07) is 15.2. The Bertz CT molecular complexity index is 2840. The van der Waals surface area contributed by atoms with Crippen LogP contribution in [0, 0.1) is 27.7 Å². The second-order valence-corrected chi connectivity index (χ2v) is 21.5. The summed E-state index contributed by atoms with van der Waals surface area (Å²) in [5, 5.41) is 8.92. The predicted octanol–water partition coefficient (Wildman–Crippen LogP) is 8.43. The monoisotopic (exact) mass is 1130 g/mol. The Hall–Kier alpha value is -5.30. The van der Waals surface area contributed by atoms with Crippen LogP contribution in [0.2, 0.25) is 10.0 Å². The first-order chi connectivity index (χ1) is 37.3. The highest BCUT2D eigenvalue weighted by Gasteiger charge is 2.24. The van der Waals surface area contributed by atoms with Gasteiger partial charge in [-0.3, -0.25) is 19.4 Å². The zero-order valence-corrected chi connectivity index (χ0v) is 47.5. The number of hydrogen-bond donors (Lipinski definition) is 2. The van der Waals surface area contributed by atoms with Crippen molar-refractivity contribution in [2.45, 2.75) is 53.7 Å². The van der Waals surface area contributed by atoms with Crippen LogP contribution in [0.25, 0.3) is 0 Å². The van der Waals surface area contributed by atoms with Gasteiger partial charge in [0.05, 0.1) is 81.6 Å². The van der Waals surface area contributed by atoms with Crippen LogP contribution in [0.3, 0.4) is 0 Å². The SMILES string of the molecule is Cc1nc(Nc2ncc(C(=O)Cc3c(C)cccc3Cl)s2)cc(N2CCN(CCOCCOCCOCCOCCOC(C)N3CCN(c4cc(Nc5ncc(C(=O)Cc6c(C)cccc6Cl)s5)nc(C)n4)CC3)CC2)n1. The minimum atomic E-state index is -0.0507. The van der Waals surface area contributed by atoms with E-state index in [1.165, 1.54) is 22.7 Å². The van der Waals surface area contributed by atoms with E-state index in [-0.39, 0.29) is 30.6 Å². The normalized spacial score (nSPS) is 14.8. The number of piperazine rings is 2. The molecule has 2 aliphatic rings. The predicted molar refractivity (Wildman–Crippen MR) is 304 cm³/mol. The summed E-state index contributed by atoms with van der Waals surface area (Å²) in [5.41, 5.74) is 3.65. The number of anilines is 6. The summed E-state index contributed by atoms with van der Waals surface area (Å²) in [4.78, 5) is 63.9. The number of hydrogen-bond acceptors (Lipinski definition) is 21. The highest BCUT2D eigenvalue weighted by Crippen LogP contribution is 2.30. The molecule has 0 saturated carbocycles. The molecule has 1 unspecified atom stereocenters. The molecule has 2 fully saturated rings. The first kappa shape index (κ1) is 57.9. The molecule has 2 N–H and O–H groups in total. The number of nitrogens with one attached hydrogen (secondary N) is 2. The molecule has 23 heteroatoms. The van der Waals surface area contributed by atoms with Crippen LogP contribution in [0.15, 0.2) is 60.9 Å². The van der Waals surface area contributed by atoms with Crippen LogP contribution in [-0.2, 0) is 36.5 Å². The van der Waals surface area contributed by atoms with Gasteiger partial charge in [-0.25, -0.2) is 29.9 Å². The molecule has 0 bridgehead atoms. The molecule has 0 aliphatic carbocycles. The minimum Gasteiger partial charge on any atom is -0.378 e. The number of ether oxygens (including phenoxy) is 5. The van der Waals surface area contributed by atoms with Crippen molar-refractivity contribution < 1.29 is 33.3 Å². The van der Waals surface area contributed by atoms with Gasteiger partial charge in [0.2, 0.25) is 0 Å². The third-order valence-electron chi connectivity index (χ3n) is 13.2. The number of Topliss-reactive ketones (excluding diaryl/α,β-unsaturated/α-hetero) is 2. The number of ketones is 2. The Balaban J connectivity index is 0.613. The maximum absolute atomic E-state index is 13.1. The number of benzene rings is 2. The third kappa shape index (κ3) is 17.3. The topological polar surface area (TPSA) is 195 Å². The number of aryl methyl sites for hydroxylation is 4. The first-order valence-corrected chi connectivity index (χ1v) is 28.3. The van der Waals surface area contributed by atoms with E-state index in [9.17, 15) is 9.59 Å². The van der Waals surface area contributed by atoms with Crippen LogP contribution in [0.5, 0.6) is 0 Å². The molecule has 2 aromatic carbocycles. The van der Waals surface area contributed by atoms with Crippen molar-refractivity contribution in [3.8, 4) is 0 Å². The van der Waals surface area contributed by atoms with Gasteiger partial charge in [0.25, 0.3) is 0 Å². The number of halogens is 2. The summed E-state index contributed by atoms with van der Waals surface area (Å²) in [7, 11) is 0. The molecule has 412 valence electrons. The van der Waals surface area contributed by atoms with Gasteiger partial charge >= 0.3 is 0 Å². The molecule has 77 heavy (non-hydrogen) atoms. The standard InChI is InChI=1S/C54H68Cl2N12O7S2/c1-36-8-6-10-43(55)41(36)30-45(69)47-34-57-53(76-47)63-49-32-51(61-38(3)59-49)67-14-12-65(13-15-67)20-21-71-22-23-72-24-25-73-26-27-74-28-29-75-40(5)66-16-18-68(19-17-66)52-33-50(60-39(4)62-52)64-54-58-35-48(77-54)46(70)31-42-37(2)9-7-11-44(42)56/h6-11,32-35,40H,12-31H2,1-5H3,(H,57,59,61,63)(H,58,60,62,64). The van der Waals surface area contributed by atoms with Crippen molar-refractivity contribution in [1.82, 2.24) is 39.7 Å². The van der Waals surface area contributed by atoms with E-state index in [2.05, 4.69) is 57.1 Å². The second kappa shape index (κ2) is 29.1. The number of carbonyl (C=O) groups is 2. The number of nitrogens with zero attached hydrogens (tertiary/aromatic N) is 10. The molecule has 0 radical (unpaired) electrons. The lowest BCUT2D eigenvalue weighted by Crippen LogP contribution is -2.50. The summed E-state index contributed by atoms with van der Waals surface area (Å²) >= 11 is 15.3. The molecule has 6 heterocycles. The molecule has 19 nitrogen and oxygen atoms in total. The van der Waals surface area contributed by atoms with E-state index in [4.69, 9.17) is 56.9 Å². The second-order valence-electron chi connectivity index (χ2n) is 18.7. The van der Waals surface area contributed by atoms with Crippen molar-refractivity contribution in [1.29, 1.82) is 0 Å². The highest BCUT2D eigenvalue weighted by molar-refractivity contribution is 7.17. The first-order valence-electron chi connectivity index (χ1n) is 26.0. The molecule has 0 spiro atoms. The quantitative estimate of drug-likeness (QED) is 0.0335. The van der Waals surface area contributed by atoms with Crippen molar-refractivity contribution in [2.24, 2.45) is 0 Å². The zero-order chi connectivity index (χ0) is 54.1. The Morgan fingerprint density at radius 1 is 0.584 bits per heavy atom. The molecular weight excluding hydrogens is 1060 g/mol. The van der Waals surface area contributed by atoms with Gasteiger partial charge in [-0.05, 0) is 69.0 Å². The van der Waals surface area contributed by atoms with Gasteiger partial charge in [0.1, 0.15) is 41.1 Å². The fraction of sp³-hybridized carbons (Fsp3) is 0.481. The lowest BCUT2D eigenvalue weighted by Gasteiger charge is -2.38. The van der Waals surface area contributed by atoms with Crippen LogP contribution in [0.4, 0.5) is 33.5 Å². The Morgan fingerprint density at radius 3 is 1.47 bits per heavy atom. The van der Waals surface area contributed by atoms with Gasteiger partial charge < -0.3 is 44.1 Å². The van der Waals surface area contributed by atoms with E-state index in [0.717, 1.165) is 92.8 Å². The van der Waals surface area contributed by atoms with Crippen molar-refractivity contribution >= 4 is 91.0 Å². The van der Waals surface area contributed by atoms with Crippen molar-refractivity contribution in [3.05, 3.63) is 115 Å². The number of aromatic nitrogens is 6. The molecule has 1 atom stereocenters. The largest absolute Gasteiger partial charge is 0.378 e. The van der Waals surface area contributed by atoms with Crippen LogP contribution in [0.1, 0.15) is 60.2 Å². The molecular formula is C54H68Cl2N12O7S2. The smallest absolute Gasteiger partial charge is 0.188 e. The summed E-state index contributed by atoms with van der Waals surface area (Å²) in [6.45, 7) is 21.8. The third-order valence-corrected chi connectivity index (χ3v) is 15.8. The lowest BCUT2D eigenvalue weighted by atomic mass is 10.0. The molecule has 0 amide bonds. The Morgan fingerprint density at radius 2 is 1.01 bits per heavy atom. The summed E-state index contributed by atoms with van der Waals surface area (Å²) in [6.07, 6.45) is 3.59. The van der Waals surface area contributed by atoms with Crippen LogP contribution < -0.4 is 20.4 Å². The van der Waals surface area contributed by atoms with E-state index in [1.807, 2.05) is 70.2 Å². The maximum atomic E-state index is 13.1. The van der Waals surface area contributed by atoms with Crippen molar-refractivity contribution in [3.63, 3.8) is 0 Å².